The molecule has 2 N–H and O–H groups in total. The van der Waals surface area contributed by atoms with Crippen LogP contribution in [-0.4, -0.2) is 25.0 Å². The van der Waals surface area contributed by atoms with Crippen molar-refractivity contribution in [1.82, 2.24) is 10.9 Å². The topological polar surface area (TPSA) is 83.8 Å². The van der Waals surface area contributed by atoms with Crippen LogP contribution in [0.4, 0.5) is 5.69 Å². The first-order chi connectivity index (χ1) is 15.0. The first-order valence-electron chi connectivity index (χ1n) is 9.83. The van der Waals surface area contributed by atoms with Gasteiger partial charge in [-0.05, 0) is 49.2 Å². The molecule has 0 saturated carbocycles. The van der Waals surface area contributed by atoms with Gasteiger partial charge in [-0.1, -0.05) is 29.8 Å². The quantitative estimate of drug-likeness (QED) is 0.588. The third kappa shape index (κ3) is 4.22. The number of benzene rings is 2. The van der Waals surface area contributed by atoms with Crippen molar-refractivity contribution in [2.45, 2.75) is 25.9 Å². The van der Waals surface area contributed by atoms with E-state index in [4.69, 9.17) is 20.8 Å². The minimum atomic E-state index is -0.519. The molecule has 3 aromatic rings. The van der Waals surface area contributed by atoms with Crippen molar-refractivity contribution in [3.05, 3.63) is 82.3 Å². The average Bonchev–Trinajstić information content (AvgIpc) is 3.36. The Hall–Kier alpha value is -3.45. The van der Waals surface area contributed by atoms with E-state index in [0.29, 0.717) is 28.6 Å². The van der Waals surface area contributed by atoms with Crippen molar-refractivity contribution in [3.63, 3.8) is 0 Å². The molecule has 0 bridgehead atoms. The molecular formula is C23H22ClN3O4. The number of nitrogens with one attached hydrogen (secondary N) is 2. The van der Waals surface area contributed by atoms with Gasteiger partial charge in [-0.25, -0.2) is 0 Å². The summed E-state index contributed by atoms with van der Waals surface area (Å²) in [4.78, 5) is 27.4. The van der Waals surface area contributed by atoms with Gasteiger partial charge in [0.25, 0.3) is 11.8 Å². The first-order valence-corrected chi connectivity index (χ1v) is 10.2. The molecule has 1 unspecified atom stereocenters. The Morgan fingerprint density at radius 3 is 2.65 bits per heavy atom. The fourth-order valence-electron chi connectivity index (χ4n) is 3.79. The van der Waals surface area contributed by atoms with Crippen LogP contribution in [0.1, 0.15) is 39.0 Å². The number of nitrogens with zero attached hydrogens (tertiary/aromatic N) is 1. The number of para-hydroxylation sites is 1. The first kappa shape index (κ1) is 20.8. The molecule has 2 aromatic carbocycles. The van der Waals surface area contributed by atoms with E-state index >= 15 is 0 Å². The number of furan rings is 1. The Morgan fingerprint density at radius 2 is 1.87 bits per heavy atom. The van der Waals surface area contributed by atoms with Crippen LogP contribution in [0, 0.1) is 0 Å². The van der Waals surface area contributed by atoms with Gasteiger partial charge in [-0.2, -0.15) is 0 Å². The van der Waals surface area contributed by atoms with Gasteiger partial charge in [0.05, 0.1) is 31.0 Å². The minimum absolute atomic E-state index is 0.252. The molecule has 1 aromatic heterocycles. The van der Waals surface area contributed by atoms with Gasteiger partial charge in [0.2, 0.25) is 0 Å². The van der Waals surface area contributed by atoms with Crippen LogP contribution >= 0.6 is 11.6 Å². The summed E-state index contributed by atoms with van der Waals surface area (Å²) >= 11 is 5.93. The summed E-state index contributed by atoms with van der Waals surface area (Å²) in [5.74, 6) is -0.150. The maximum absolute atomic E-state index is 12.7. The van der Waals surface area contributed by atoms with Crippen LogP contribution in [-0.2, 0) is 13.0 Å². The number of ether oxygens (including phenoxy) is 1. The van der Waals surface area contributed by atoms with Crippen LogP contribution < -0.4 is 20.5 Å². The van der Waals surface area contributed by atoms with E-state index in [1.807, 2.05) is 12.1 Å². The molecule has 0 fully saturated rings. The number of fused-ring (bicyclic) bond motifs is 1. The zero-order valence-electron chi connectivity index (χ0n) is 17.1. The molecule has 0 spiro atoms. The SMILES string of the molecule is COc1cc(Cl)ccc1C(=O)NNC(=O)c1ccoc1CN1c2ccccc2CC1C. The van der Waals surface area contributed by atoms with Crippen molar-refractivity contribution in [3.8, 4) is 5.75 Å². The van der Waals surface area contributed by atoms with Crippen molar-refractivity contribution in [2.24, 2.45) is 0 Å². The highest BCUT2D eigenvalue weighted by Gasteiger charge is 2.28. The number of halogens is 1. The monoisotopic (exact) mass is 439 g/mol. The van der Waals surface area contributed by atoms with E-state index in [-0.39, 0.29) is 11.6 Å². The second-order valence-electron chi connectivity index (χ2n) is 7.32. The highest BCUT2D eigenvalue weighted by molar-refractivity contribution is 6.30. The summed E-state index contributed by atoms with van der Waals surface area (Å²) < 4.78 is 10.8. The predicted octanol–water partition coefficient (Wildman–Crippen LogP) is 3.97. The minimum Gasteiger partial charge on any atom is -0.496 e. The van der Waals surface area contributed by atoms with Gasteiger partial charge in [-0.3, -0.25) is 20.4 Å². The molecule has 7 nitrogen and oxygen atoms in total. The number of hydrogen-bond acceptors (Lipinski definition) is 5. The molecule has 2 heterocycles. The standard InChI is InChI=1S/C23H22ClN3O4/c1-14-11-15-5-3-4-6-19(15)27(14)13-21-18(9-10-31-21)23(29)26-25-22(28)17-8-7-16(24)12-20(17)30-2/h3-10,12,14H,11,13H2,1-2H3,(H,25,28)(H,26,29). The Kier molecular flexibility index (Phi) is 5.86. The molecule has 4 rings (SSSR count). The Balaban J connectivity index is 1.44. The average molecular weight is 440 g/mol. The zero-order valence-corrected chi connectivity index (χ0v) is 17.9. The number of anilines is 1. The smallest absolute Gasteiger partial charge is 0.273 e. The Labute approximate surface area is 184 Å². The zero-order chi connectivity index (χ0) is 22.0. The summed E-state index contributed by atoms with van der Waals surface area (Å²) in [5.41, 5.74) is 7.88. The lowest BCUT2D eigenvalue weighted by molar-refractivity contribution is 0.0843. The number of rotatable bonds is 5. The third-order valence-electron chi connectivity index (χ3n) is 5.35. The van der Waals surface area contributed by atoms with E-state index in [0.717, 1.165) is 12.1 Å². The largest absolute Gasteiger partial charge is 0.496 e. The fourth-order valence-corrected chi connectivity index (χ4v) is 3.95. The van der Waals surface area contributed by atoms with E-state index < -0.39 is 11.8 Å². The Bertz CT molecular complexity index is 1130. The second-order valence-corrected chi connectivity index (χ2v) is 7.76. The third-order valence-corrected chi connectivity index (χ3v) is 5.59. The molecule has 1 aliphatic heterocycles. The second kappa shape index (κ2) is 8.73. The molecule has 8 heteroatoms. The van der Waals surface area contributed by atoms with Crippen LogP contribution in [0.25, 0.3) is 0 Å². The van der Waals surface area contributed by atoms with Gasteiger partial charge in [0.1, 0.15) is 11.5 Å². The summed E-state index contributed by atoms with van der Waals surface area (Å²) in [7, 11) is 1.44. The number of methoxy groups -OCH3 is 1. The number of carbonyl (C=O) groups is 2. The number of hydrogen-bond donors (Lipinski definition) is 2. The van der Waals surface area contributed by atoms with Crippen LogP contribution in [0.3, 0.4) is 0 Å². The maximum atomic E-state index is 12.7. The summed E-state index contributed by atoms with van der Waals surface area (Å²) in [6, 6.07) is 14.7. The molecule has 1 atom stereocenters. The molecule has 0 saturated heterocycles. The lowest BCUT2D eigenvalue weighted by atomic mass is 10.1. The Morgan fingerprint density at radius 1 is 1.13 bits per heavy atom. The molecule has 1 aliphatic rings. The maximum Gasteiger partial charge on any atom is 0.273 e. The highest BCUT2D eigenvalue weighted by atomic mass is 35.5. The summed E-state index contributed by atoms with van der Waals surface area (Å²) in [5, 5.41) is 0.443. The van der Waals surface area contributed by atoms with Crippen molar-refractivity contribution < 1.29 is 18.7 Å². The summed E-state index contributed by atoms with van der Waals surface area (Å²) in [6.07, 6.45) is 2.42. The molecular weight excluding hydrogens is 418 g/mol. The van der Waals surface area contributed by atoms with E-state index in [1.165, 1.54) is 31.1 Å². The van der Waals surface area contributed by atoms with Crippen molar-refractivity contribution >= 4 is 29.1 Å². The van der Waals surface area contributed by atoms with Crippen molar-refractivity contribution in [2.75, 3.05) is 12.0 Å². The molecule has 31 heavy (non-hydrogen) atoms. The van der Waals surface area contributed by atoms with Gasteiger partial charge in [0.15, 0.2) is 0 Å². The van der Waals surface area contributed by atoms with E-state index in [1.54, 1.807) is 12.1 Å². The van der Waals surface area contributed by atoms with Crippen LogP contribution in [0.15, 0.2) is 59.2 Å². The predicted molar refractivity (Wildman–Crippen MR) is 117 cm³/mol. The van der Waals surface area contributed by atoms with Gasteiger partial charge in [0, 0.05) is 16.8 Å². The van der Waals surface area contributed by atoms with Crippen LogP contribution in [0.2, 0.25) is 5.02 Å². The normalized spacial score (nSPS) is 14.8. The van der Waals surface area contributed by atoms with Gasteiger partial charge >= 0.3 is 0 Å². The van der Waals surface area contributed by atoms with E-state index in [2.05, 4.69) is 34.8 Å². The number of hydrazine groups is 1. The number of carbonyl (C=O) groups excluding carboxylic acids is 2. The molecule has 0 aliphatic carbocycles. The molecule has 160 valence electrons. The lowest BCUT2D eigenvalue weighted by Gasteiger charge is -2.24. The van der Waals surface area contributed by atoms with Gasteiger partial charge < -0.3 is 14.1 Å². The van der Waals surface area contributed by atoms with Gasteiger partial charge in [-0.15, -0.1) is 0 Å². The molecule has 2 amide bonds. The number of amides is 2. The van der Waals surface area contributed by atoms with Crippen molar-refractivity contribution in [1.29, 1.82) is 0 Å². The van der Waals surface area contributed by atoms with E-state index in [9.17, 15) is 9.59 Å². The fraction of sp³-hybridized carbons (Fsp3) is 0.217. The summed E-state index contributed by atoms with van der Waals surface area (Å²) in [6.45, 7) is 2.59. The van der Waals surface area contributed by atoms with Crippen LogP contribution in [0.5, 0.6) is 5.75 Å². The lowest BCUT2D eigenvalue weighted by Crippen LogP contribution is -2.42. The highest BCUT2D eigenvalue weighted by Crippen LogP contribution is 2.33. The molecule has 0 radical (unpaired) electrons.